The number of carbonyl (C=O) groups is 1. The summed E-state index contributed by atoms with van der Waals surface area (Å²) in [6, 6.07) is 6.31. The Kier molecular flexibility index (Phi) is 7.61. The minimum atomic E-state index is -3.63. The average Bonchev–Trinajstić information content (AvgIpc) is 2.67. The lowest BCUT2D eigenvalue weighted by molar-refractivity contribution is 0.00950. The molecule has 26 heavy (non-hydrogen) atoms. The van der Waals surface area contributed by atoms with Gasteiger partial charge in [-0.2, -0.15) is 0 Å². The highest BCUT2D eigenvalue weighted by molar-refractivity contribution is 7.89. The quantitative estimate of drug-likeness (QED) is 0.693. The lowest BCUT2D eigenvalue weighted by atomic mass is 10.1. The standard InChI is InChI=1S/C19H30N2O4S/c1-4-21(5-2)19(22)16-9-8-11-18(15-16)26(23,24)20(3)13-12-17-10-6-7-14-25-17/h8-9,11,15,17H,4-7,10,12-14H2,1-3H3/t17-/m1/s1. The number of carbonyl (C=O) groups excluding carboxylic acids is 1. The molecule has 0 saturated carbocycles. The van der Waals surface area contributed by atoms with E-state index >= 15 is 0 Å². The minimum absolute atomic E-state index is 0.136. The Hall–Kier alpha value is -1.44. The number of nitrogens with zero attached hydrogens (tertiary/aromatic N) is 2. The van der Waals surface area contributed by atoms with E-state index in [2.05, 4.69) is 0 Å². The Morgan fingerprint density at radius 3 is 2.58 bits per heavy atom. The second kappa shape index (κ2) is 9.48. The van der Waals surface area contributed by atoms with E-state index in [1.807, 2.05) is 13.8 Å². The lowest BCUT2D eigenvalue weighted by Crippen LogP contribution is -2.32. The van der Waals surface area contributed by atoms with Gasteiger partial charge in [0.15, 0.2) is 0 Å². The fourth-order valence-corrected chi connectivity index (χ4v) is 4.38. The molecule has 7 heteroatoms. The van der Waals surface area contributed by atoms with Gasteiger partial charge in [0.2, 0.25) is 10.0 Å². The van der Waals surface area contributed by atoms with Crippen molar-refractivity contribution in [2.75, 3.05) is 33.3 Å². The van der Waals surface area contributed by atoms with E-state index in [4.69, 9.17) is 4.74 Å². The van der Waals surface area contributed by atoms with Gasteiger partial charge in [0.05, 0.1) is 11.0 Å². The van der Waals surface area contributed by atoms with Crippen molar-refractivity contribution < 1.29 is 17.9 Å². The Bertz CT molecular complexity index is 695. The van der Waals surface area contributed by atoms with Crippen LogP contribution in [-0.2, 0) is 14.8 Å². The molecule has 1 heterocycles. The first-order chi connectivity index (χ1) is 12.4. The van der Waals surface area contributed by atoms with E-state index in [-0.39, 0.29) is 16.9 Å². The normalized spacial score (nSPS) is 18.1. The first-order valence-corrected chi connectivity index (χ1v) is 10.8. The van der Waals surface area contributed by atoms with Crippen LogP contribution in [-0.4, -0.2) is 62.9 Å². The maximum Gasteiger partial charge on any atom is 0.253 e. The predicted molar refractivity (Wildman–Crippen MR) is 102 cm³/mol. The monoisotopic (exact) mass is 382 g/mol. The van der Waals surface area contributed by atoms with Gasteiger partial charge >= 0.3 is 0 Å². The zero-order chi connectivity index (χ0) is 19.2. The Balaban J connectivity index is 2.09. The number of amides is 1. The third kappa shape index (κ3) is 5.05. The second-order valence-electron chi connectivity index (χ2n) is 6.61. The molecule has 0 aliphatic carbocycles. The zero-order valence-electron chi connectivity index (χ0n) is 16.0. The highest BCUT2D eigenvalue weighted by Crippen LogP contribution is 2.20. The van der Waals surface area contributed by atoms with Gasteiger partial charge in [0, 0.05) is 38.9 Å². The molecule has 0 aromatic heterocycles. The van der Waals surface area contributed by atoms with Crippen molar-refractivity contribution in [3.05, 3.63) is 29.8 Å². The summed E-state index contributed by atoms with van der Waals surface area (Å²) in [5.74, 6) is -0.148. The number of sulfonamides is 1. The maximum atomic E-state index is 12.8. The number of hydrogen-bond acceptors (Lipinski definition) is 4. The zero-order valence-corrected chi connectivity index (χ0v) is 16.8. The molecule has 1 saturated heterocycles. The van der Waals surface area contributed by atoms with E-state index in [1.165, 1.54) is 10.4 Å². The van der Waals surface area contributed by atoms with Crippen LogP contribution in [0.25, 0.3) is 0 Å². The molecule has 1 aliphatic heterocycles. The molecule has 0 N–H and O–H groups in total. The van der Waals surface area contributed by atoms with Crippen LogP contribution in [0.3, 0.4) is 0 Å². The molecule has 1 aliphatic rings. The summed E-state index contributed by atoms with van der Waals surface area (Å²) in [6.07, 6.45) is 4.03. The number of rotatable bonds is 8. The lowest BCUT2D eigenvalue weighted by Gasteiger charge is -2.25. The third-order valence-corrected chi connectivity index (χ3v) is 6.73. The van der Waals surface area contributed by atoms with E-state index in [9.17, 15) is 13.2 Å². The van der Waals surface area contributed by atoms with Gasteiger partial charge in [-0.25, -0.2) is 12.7 Å². The number of hydrogen-bond donors (Lipinski definition) is 0. The van der Waals surface area contributed by atoms with Gasteiger partial charge in [-0.1, -0.05) is 6.07 Å². The fourth-order valence-electron chi connectivity index (χ4n) is 3.14. The summed E-state index contributed by atoms with van der Waals surface area (Å²) in [7, 11) is -2.05. The van der Waals surface area contributed by atoms with Crippen LogP contribution < -0.4 is 0 Å². The Morgan fingerprint density at radius 2 is 1.96 bits per heavy atom. The van der Waals surface area contributed by atoms with Crippen LogP contribution >= 0.6 is 0 Å². The van der Waals surface area contributed by atoms with Gasteiger partial charge in [-0.05, 0) is 57.7 Å². The van der Waals surface area contributed by atoms with E-state index in [0.29, 0.717) is 31.6 Å². The molecule has 1 fully saturated rings. The average molecular weight is 383 g/mol. The molecule has 1 aromatic rings. The maximum absolute atomic E-state index is 12.8. The highest BCUT2D eigenvalue weighted by atomic mass is 32.2. The third-order valence-electron chi connectivity index (χ3n) is 4.88. The van der Waals surface area contributed by atoms with Gasteiger partial charge in [0.1, 0.15) is 0 Å². The van der Waals surface area contributed by atoms with Crippen molar-refractivity contribution in [1.29, 1.82) is 0 Å². The number of ether oxygens (including phenoxy) is 1. The van der Waals surface area contributed by atoms with Crippen molar-refractivity contribution in [3.63, 3.8) is 0 Å². The topological polar surface area (TPSA) is 66.9 Å². The largest absolute Gasteiger partial charge is 0.378 e. The van der Waals surface area contributed by atoms with Crippen LogP contribution in [0.5, 0.6) is 0 Å². The highest BCUT2D eigenvalue weighted by Gasteiger charge is 2.24. The molecule has 2 rings (SSSR count). The van der Waals surface area contributed by atoms with Crippen molar-refractivity contribution in [3.8, 4) is 0 Å². The van der Waals surface area contributed by atoms with Crippen LogP contribution in [0, 0.1) is 0 Å². The van der Waals surface area contributed by atoms with Gasteiger partial charge in [-0.15, -0.1) is 0 Å². The second-order valence-corrected chi connectivity index (χ2v) is 8.65. The molecular weight excluding hydrogens is 352 g/mol. The summed E-state index contributed by atoms with van der Waals surface area (Å²) < 4.78 is 32.7. The molecule has 1 atom stereocenters. The van der Waals surface area contributed by atoms with Crippen LogP contribution in [0.15, 0.2) is 29.2 Å². The van der Waals surface area contributed by atoms with Crippen LogP contribution in [0.1, 0.15) is 49.9 Å². The molecule has 146 valence electrons. The molecule has 0 bridgehead atoms. The summed E-state index contributed by atoms with van der Waals surface area (Å²) in [5, 5.41) is 0. The summed E-state index contributed by atoms with van der Waals surface area (Å²) in [4.78, 5) is 14.3. The SMILES string of the molecule is CCN(CC)C(=O)c1cccc(S(=O)(=O)N(C)CC[C@H]2CCCCO2)c1. The molecule has 0 spiro atoms. The smallest absolute Gasteiger partial charge is 0.253 e. The van der Waals surface area contributed by atoms with Crippen molar-refractivity contribution >= 4 is 15.9 Å². The van der Waals surface area contributed by atoms with Crippen LogP contribution in [0.4, 0.5) is 0 Å². The summed E-state index contributed by atoms with van der Waals surface area (Å²) in [6.45, 7) is 6.16. The minimum Gasteiger partial charge on any atom is -0.378 e. The summed E-state index contributed by atoms with van der Waals surface area (Å²) in [5.41, 5.74) is 0.402. The van der Waals surface area contributed by atoms with Crippen LogP contribution in [0.2, 0.25) is 0 Å². The van der Waals surface area contributed by atoms with Gasteiger partial charge in [-0.3, -0.25) is 4.79 Å². The van der Waals surface area contributed by atoms with Gasteiger partial charge in [0.25, 0.3) is 5.91 Å². The van der Waals surface area contributed by atoms with E-state index in [1.54, 1.807) is 30.1 Å². The first kappa shape index (κ1) is 20.9. The Morgan fingerprint density at radius 1 is 1.23 bits per heavy atom. The van der Waals surface area contributed by atoms with Crippen molar-refractivity contribution in [2.45, 2.75) is 50.5 Å². The number of benzene rings is 1. The molecule has 0 radical (unpaired) electrons. The predicted octanol–water partition coefficient (Wildman–Crippen LogP) is 2.75. The Labute approximate surface area is 157 Å². The first-order valence-electron chi connectivity index (χ1n) is 9.37. The van der Waals surface area contributed by atoms with Crippen molar-refractivity contribution in [2.24, 2.45) is 0 Å². The van der Waals surface area contributed by atoms with Gasteiger partial charge < -0.3 is 9.64 Å². The van der Waals surface area contributed by atoms with Crippen molar-refractivity contribution in [1.82, 2.24) is 9.21 Å². The molecule has 1 aromatic carbocycles. The molecule has 1 amide bonds. The molecule has 6 nitrogen and oxygen atoms in total. The fraction of sp³-hybridized carbons (Fsp3) is 0.632. The molecular formula is C19H30N2O4S. The molecule has 0 unspecified atom stereocenters. The van der Waals surface area contributed by atoms with E-state index < -0.39 is 10.0 Å². The van der Waals surface area contributed by atoms with E-state index in [0.717, 1.165) is 25.9 Å². The summed E-state index contributed by atoms with van der Waals surface area (Å²) >= 11 is 0.